The number of aliphatic carboxylic acids is 1. The van der Waals surface area contributed by atoms with Crippen LogP contribution in [-0.4, -0.2) is 30.2 Å². The van der Waals surface area contributed by atoms with Crippen LogP contribution < -0.4 is 11.1 Å². The molecule has 0 aliphatic heterocycles. The highest BCUT2D eigenvalue weighted by molar-refractivity contribution is 8.93. The lowest BCUT2D eigenvalue weighted by atomic mass is 10.1. The minimum Gasteiger partial charge on any atom is -0.480 e. The van der Waals surface area contributed by atoms with Crippen LogP contribution in [0.2, 0.25) is 0 Å². The van der Waals surface area contributed by atoms with E-state index in [-0.39, 0.29) is 17.0 Å². The molecule has 4 N–H and O–H groups in total. The van der Waals surface area contributed by atoms with Crippen molar-refractivity contribution in [3.63, 3.8) is 0 Å². The first-order valence-electron chi connectivity index (χ1n) is 4.37. The number of hydrogen-bond acceptors (Lipinski definition) is 3. The molecule has 0 radical (unpaired) electrons. The van der Waals surface area contributed by atoms with Crippen molar-refractivity contribution in [1.82, 2.24) is 5.32 Å². The van der Waals surface area contributed by atoms with Crippen LogP contribution in [0, 0.1) is 0 Å². The van der Waals surface area contributed by atoms with Crippen molar-refractivity contribution in [2.75, 3.05) is 13.1 Å². The van der Waals surface area contributed by atoms with Gasteiger partial charge in [-0.15, -0.1) is 17.0 Å². The molecule has 0 heterocycles. The SMILES string of the molecule is Br.CCNCCCC[C@H](N)C(=O)O. The fourth-order valence-corrected chi connectivity index (χ4v) is 0.915. The number of carbonyl (C=O) groups is 1. The fraction of sp³-hybridized carbons (Fsp3) is 0.875. The summed E-state index contributed by atoms with van der Waals surface area (Å²) in [6, 6.07) is -0.688. The first-order chi connectivity index (χ1) is 5.68. The highest BCUT2D eigenvalue weighted by atomic mass is 79.9. The number of rotatable bonds is 7. The highest BCUT2D eigenvalue weighted by Gasteiger charge is 2.09. The number of nitrogens with one attached hydrogen (secondary N) is 1. The molecule has 0 bridgehead atoms. The van der Waals surface area contributed by atoms with E-state index in [4.69, 9.17) is 10.8 Å². The molecule has 0 fully saturated rings. The van der Waals surface area contributed by atoms with Gasteiger partial charge < -0.3 is 16.2 Å². The second-order valence-electron chi connectivity index (χ2n) is 2.79. The molecule has 0 rings (SSSR count). The maximum Gasteiger partial charge on any atom is 0.320 e. The maximum absolute atomic E-state index is 10.3. The Bertz CT molecular complexity index is 133. The molecule has 4 nitrogen and oxygen atoms in total. The van der Waals surface area contributed by atoms with E-state index in [2.05, 4.69) is 5.32 Å². The minimum absolute atomic E-state index is 0. The lowest BCUT2D eigenvalue weighted by Crippen LogP contribution is -2.30. The van der Waals surface area contributed by atoms with Gasteiger partial charge in [0.15, 0.2) is 0 Å². The van der Waals surface area contributed by atoms with Gasteiger partial charge in [-0.1, -0.05) is 13.3 Å². The van der Waals surface area contributed by atoms with Crippen LogP contribution in [0.5, 0.6) is 0 Å². The molecule has 0 aromatic heterocycles. The second kappa shape index (κ2) is 9.95. The number of unbranched alkanes of at least 4 members (excludes halogenated alkanes) is 1. The highest BCUT2D eigenvalue weighted by Crippen LogP contribution is 1.97. The molecule has 0 saturated heterocycles. The fourth-order valence-electron chi connectivity index (χ4n) is 0.915. The lowest BCUT2D eigenvalue weighted by Gasteiger charge is -2.05. The Morgan fingerprint density at radius 2 is 2.15 bits per heavy atom. The molecule has 0 aromatic carbocycles. The molecule has 80 valence electrons. The van der Waals surface area contributed by atoms with Crippen molar-refractivity contribution in [3.05, 3.63) is 0 Å². The molecule has 1 atom stereocenters. The van der Waals surface area contributed by atoms with Gasteiger partial charge >= 0.3 is 5.97 Å². The van der Waals surface area contributed by atoms with E-state index in [0.717, 1.165) is 25.9 Å². The van der Waals surface area contributed by atoms with Crippen molar-refractivity contribution >= 4 is 23.0 Å². The molecule has 0 amide bonds. The molecule has 0 spiro atoms. The average Bonchev–Trinajstić information content (AvgIpc) is 2.03. The molecule has 0 aromatic rings. The first kappa shape index (κ1) is 15.3. The largest absolute Gasteiger partial charge is 0.480 e. The summed E-state index contributed by atoms with van der Waals surface area (Å²) in [5, 5.41) is 11.6. The zero-order chi connectivity index (χ0) is 9.40. The van der Waals surface area contributed by atoms with Gasteiger partial charge in [-0.2, -0.15) is 0 Å². The van der Waals surface area contributed by atoms with Gasteiger partial charge in [0.1, 0.15) is 6.04 Å². The van der Waals surface area contributed by atoms with E-state index in [1.807, 2.05) is 6.92 Å². The first-order valence-corrected chi connectivity index (χ1v) is 4.37. The Labute approximate surface area is 89.7 Å². The van der Waals surface area contributed by atoms with E-state index in [9.17, 15) is 4.79 Å². The third-order valence-electron chi connectivity index (χ3n) is 1.69. The van der Waals surface area contributed by atoms with E-state index >= 15 is 0 Å². The average molecular weight is 255 g/mol. The predicted octanol–water partition coefficient (Wildman–Crippen LogP) is 0.756. The summed E-state index contributed by atoms with van der Waals surface area (Å²) in [4.78, 5) is 10.3. The van der Waals surface area contributed by atoms with E-state index in [1.54, 1.807) is 0 Å². The minimum atomic E-state index is -0.904. The van der Waals surface area contributed by atoms with Crippen molar-refractivity contribution in [3.8, 4) is 0 Å². The van der Waals surface area contributed by atoms with Crippen LogP contribution >= 0.6 is 17.0 Å². The van der Waals surface area contributed by atoms with Crippen molar-refractivity contribution in [2.24, 2.45) is 5.73 Å². The molecule has 0 saturated carbocycles. The van der Waals surface area contributed by atoms with Crippen LogP contribution in [0.1, 0.15) is 26.2 Å². The van der Waals surface area contributed by atoms with Crippen LogP contribution in [0.3, 0.4) is 0 Å². The summed E-state index contributed by atoms with van der Waals surface area (Å²) in [7, 11) is 0. The summed E-state index contributed by atoms with van der Waals surface area (Å²) >= 11 is 0. The standard InChI is InChI=1S/C8H18N2O2.BrH/c1-2-10-6-4-3-5-7(9)8(11)12;/h7,10H,2-6,9H2,1H3,(H,11,12);1H/t7-;/m0./s1. The Morgan fingerprint density at radius 1 is 1.54 bits per heavy atom. The molecule has 13 heavy (non-hydrogen) atoms. The summed E-state index contributed by atoms with van der Waals surface area (Å²) in [5.74, 6) is -0.904. The number of carboxylic acids is 1. The topological polar surface area (TPSA) is 75.3 Å². The van der Waals surface area contributed by atoms with Gasteiger partial charge in [-0.25, -0.2) is 0 Å². The van der Waals surface area contributed by atoms with Crippen molar-refractivity contribution in [2.45, 2.75) is 32.2 Å². The Hall–Kier alpha value is -0.130. The smallest absolute Gasteiger partial charge is 0.320 e. The molecule has 0 unspecified atom stereocenters. The zero-order valence-electron chi connectivity index (χ0n) is 7.95. The summed E-state index contributed by atoms with van der Waals surface area (Å²) in [5.41, 5.74) is 5.31. The third kappa shape index (κ3) is 9.79. The molecular formula is C8H19BrN2O2. The van der Waals surface area contributed by atoms with Crippen LogP contribution in [0.15, 0.2) is 0 Å². The van der Waals surface area contributed by atoms with E-state index in [1.165, 1.54) is 0 Å². The van der Waals surface area contributed by atoms with E-state index < -0.39 is 12.0 Å². The van der Waals surface area contributed by atoms with Gasteiger partial charge in [0.05, 0.1) is 0 Å². The quantitative estimate of drug-likeness (QED) is 0.587. The van der Waals surface area contributed by atoms with E-state index in [0.29, 0.717) is 6.42 Å². The second-order valence-corrected chi connectivity index (χ2v) is 2.79. The van der Waals surface area contributed by atoms with Gasteiger partial charge in [0.25, 0.3) is 0 Å². The Morgan fingerprint density at radius 3 is 2.62 bits per heavy atom. The maximum atomic E-state index is 10.3. The Balaban J connectivity index is 0. The normalized spacial score (nSPS) is 11.8. The van der Waals surface area contributed by atoms with Gasteiger partial charge in [-0.3, -0.25) is 4.79 Å². The number of nitrogens with two attached hydrogens (primary N) is 1. The number of carboxylic acid groups (broad SMARTS) is 1. The predicted molar refractivity (Wildman–Crippen MR) is 58.3 cm³/mol. The van der Waals surface area contributed by atoms with Crippen molar-refractivity contribution in [1.29, 1.82) is 0 Å². The van der Waals surface area contributed by atoms with Crippen LogP contribution in [0.25, 0.3) is 0 Å². The summed E-state index contributed by atoms with van der Waals surface area (Å²) in [6.07, 6.45) is 2.44. The van der Waals surface area contributed by atoms with Gasteiger partial charge in [0, 0.05) is 0 Å². The molecule has 0 aliphatic rings. The van der Waals surface area contributed by atoms with Crippen LogP contribution in [-0.2, 0) is 4.79 Å². The van der Waals surface area contributed by atoms with Gasteiger partial charge in [-0.05, 0) is 25.9 Å². The zero-order valence-corrected chi connectivity index (χ0v) is 9.67. The Kier molecular flexibility index (Phi) is 11.8. The summed E-state index contributed by atoms with van der Waals surface area (Å²) in [6.45, 7) is 3.96. The van der Waals surface area contributed by atoms with Crippen molar-refractivity contribution < 1.29 is 9.90 Å². The summed E-state index contributed by atoms with van der Waals surface area (Å²) < 4.78 is 0. The molecule has 0 aliphatic carbocycles. The molecule has 5 heteroatoms. The number of halogens is 1. The number of hydrogen-bond donors (Lipinski definition) is 3. The van der Waals surface area contributed by atoms with Crippen LogP contribution in [0.4, 0.5) is 0 Å². The molecular weight excluding hydrogens is 236 g/mol. The van der Waals surface area contributed by atoms with Gasteiger partial charge in [0.2, 0.25) is 0 Å². The monoisotopic (exact) mass is 254 g/mol. The lowest BCUT2D eigenvalue weighted by molar-refractivity contribution is -0.138. The third-order valence-corrected chi connectivity index (χ3v) is 1.69.